The third-order valence-corrected chi connectivity index (χ3v) is 5.75. The molecule has 0 amide bonds. The van der Waals surface area contributed by atoms with Crippen molar-refractivity contribution < 1.29 is 20.1 Å². The molecule has 0 aliphatic heterocycles. The Bertz CT molecular complexity index is 1280. The van der Waals surface area contributed by atoms with Crippen LogP contribution in [0.15, 0.2) is 72.8 Å². The van der Waals surface area contributed by atoms with Crippen LogP contribution in [-0.4, -0.2) is 15.3 Å². The Morgan fingerprint density at radius 2 is 1.12 bits per heavy atom. The monoisotopic (exact) mass is 441 g/mol. The van der Waals surface area contributed by atoms with Crippen LogP contribution < -0.4 is 9.64 Å². The summed E-state index contributed by atoms with van der Waals surface area (Å²) in [5.41, 5.74) is 5.68. The topological polar surface area (TPSA) is 73.2 Å². The van der Waals surface area contributed by atoms with Crippen molar-refractivity contribution in [2.24, 2.45) is 0 Å². The molecule has 0 aliphatic carbocycles. The lowest BCUT2D eigenvalue weighted by Crippen LogP contribution is -2.10. The van der Waals surface area contributed by atoms with Gasteiger partial charge in [-0.3, -0.25) is 0 Å². The minimum Gasteiger partial charge on any atom is -0.508 e. The van der Waals surface area contributed by atoms with E-state index >= 15 is 0 Å². The number of benzene rings is 4. The van der Waals surface area contributed by atoms with Gasteiger partial charge in [-0.25, -0.2) is 0 Å². The number of nitrogens with zero attached hydrogens (tertiary/aromatic N) is 1. The Morgan fingerprint density at radius 3 is 1.70 bits per heavy atom. The zero-order valence-electron chi connectivity index (χ0n) is 19.1. The lowest BCUT2D eigenvalue weighted by Gasteiger charge is -2.27. The minimum absolute atomic E-state index is 0.188. The van der Waals surface area contributed by atoms with Crippen LogP contribution in [0.3, 0.4) is 0 Å². The van der Waals surface area contributed by atoms with Crippen LogP contribution in [0.2, 0.25) is 0 Å². The molecule has 4 aromatic rings. The molecule has 4 rings (SSSR count). The normalized spacial score (nSPS) is 10.8. The average Bonchev–Trinajstić information content (AvgIpc) is 2.79. The first-order chi connectivity index (χ1) is 15.7. The number of ether oxygens (including phenoxy) is 1. The molecule has 33 heavy (non-hydrogen) atoms. The van der Waals surface area contributed by atoms with Crippen molar-refractivity contribution in [1.29, 1.82) is 0 Å². The molecule has 0 aromatic heterocycles. The third-order valence-electron chi connectivity index (χ3n) is 5.75. The molecule has 168 valence electrons. The van der Waals surface area contributed by atoms with Crippen molar-refractivity contribution in [3.63, 3.8) is 0 Å². The molecule has 4 aromatic carbocycles. The first-order valence-corrected chi connectivity index (χ1v) is 10.7. The second-order valence-electron chi connectivity index (χ2n) is 8.23. The maximum absolute atomic E-state index is 10.1. The van der Waals surface area contributed by atoms with Crippen LogP contribution >= 0.6 is 0 Å². The van der Waals surface area contributed by atoms with Gasteiger partial charge in [0.15, 0.2) is 0 Å². The number of anilines is 3. The molecular formula is C28H27NO4. The standard InChI is InChI=1S/C28H27NO4/c1-17-8-11-27(32)20(4)28(17)33-24-7-5-6-21(16-24)29(22-9-12-25(30)18(2)14-22)23-10-13-26(31)19(3)15-23/h5-16,30-32H,1-4H3. The van der Waals surface area contributed by atoms with Gasteiger partial charge in [0, 0.05) is 28.7 Å². The fourth-order valence-electron chi connectivity index (χ4n) is 3.78. The highest BCUT2D eigenvalue weighted by Crippen LogP contribution is 2.40. The molecule has 0 radical (unpaired) electrons. The molecular weight excluding hydrogens is 414 g/mol. The van der Waals surface area contributed by atoms with E-state index in [1.165, 1.54) is 0 Å². The summed E-state index contributed by atoms with van der Waals surface area (Å²) in [6, 6.07) is 22.0. The van der Waals surface area contributed by atoms with Crippen molar-refractivity contribution in [2.75, 3.05) is 4.90 Å². The zero-order valence-corrected chi connectivity index (χ0v) is 19.1. The van der Waals surface area contributed by atoms with Crippen LogP contribution in [-0.2, 0) is 0 Å². The summed E-state index contributed by atoms with van der Waals surface area (Å²) in [6.45, 7) is 7.47. The Labute approximate surface area is 193 Å². The molecule has 0 heterocycles. The molecule has 5 heteroatoms. The fraction of sp³-hybridized carbons (Fsp3) is 0.143. The molecule has 5 nitrogen and oxygen atoms in total. The second kappa shape index (κ2) is 8.79. The molecule has 0 unspecified atom stereocenters. The van der Waals surface area contributed by atoms with E-state index in [2.05, 4.69) is 0 Å². The number of hydrogen-bond donors (Lipinski definition) is 3. The number of hydrogen-bond acceptors (Lipinski definition) is 5. The van der Waals surface area contributed by atoms with Crippen LogP contribution in [0.5, 0.6) is 28.7 Å². The van der Waals surface area contributed by atoms with Gasteiger partial charge in [-0.05, 0) is 99.0 Å². The summed E-state index contributed by atoms with van der Waals surface area (Å²) in [6.07, 6.45) is 0. The number of aryl methyl sites for hydroxylation is 3. The van der Waals surface area contributed by atoms with Gasteiger partial charge in [0.2, 0.25) is 0 Å². The largest absolute Gasteiger partial charge is 0.508 e. The van der Waals surface area contributed by atoms with Crippen molar-refractivity contribution in [1.82, 2.24) is 0 Å². The van der Waals surface area contributed by atoms with Crippen molar-refractivity contribution in [2.45, 2.75) is 27.7 Å². The molecule has 3 N–H and O–H groups in total. The number of aromatic hydroxyl groups is 3. The minimum atomic E-state index is 0.188. The van der Waals surface area contributed by atoms with E-state index in [0.717, 1.165) is 33.8 Å². The Hall–Kier alpha value is -4.12. The van der Waals surface area contributed by atoms with Crippen molar-refractivity contribution >= 4 is 17.1 Å². The predicted octanol–water partition coefficient (Wildman–Crippen LogP) is 7.30. The van der Waals surface area contributed by atoms with Gasteiger partial charge in [-0.2, -0.15) is 0 Å². The van der Waals surface area contributed by atoms with E-state index in [4.69, 9.17) is 4.74 Å². The van der Waals surface area contributed by atoms with Gasteiger partial charge in [0.05, 0.1) is 0 Å². The average molecular weight is 442 g/mol. The first-order valence-electron chi connectivity index (χ1n) is 10.7. The lowest BCUT2D eigenvalue weighted by molar-refractivity contribution is 0.446. The first kappa shape index (κ1) is 22.1. The highest BCUT2D eigenvalue weighted by molar-refractivity contribution is 5.78. The smallest absolute Gasteiger partial charge is 0.136 e. The van der Waals surface area contributed by atoms with E-state index in [1.54, 1.807) is 18.2 Å². The molecule has 0 spiro atoms. The van der Waals surface area contributed by atoms with E-state index in [0.29, 0.717) is 17.1 Å². The molecule has 0 saturated carbocycles. The molecule has 0 bridgehead atoms. The summed E-state index contributed by atoms with van der Waals surface area (Å²) in [5.74, 6) is 1.90. The van der Waals surface area contributed by atoms with Gasteiger partial charge in [-0.1, -0.05) is 12.1 Å². The summed E-state index contributed by atoms with van der Waals surface area (Å²) in [7, 11) is 0. The van der Waals surface area contributed by atoms with Crippen LogP contribution in [0, 0.1) is 27.7 Å². The van der Waals surface area contributed by atoms with Gasteiger partial charge in [-0.15, -0.1) is 0 Å². The van der Waals surface area contributed by atoms with Crippen LogP contribution in [0.1, 0.15) is 22.3 Å². The SMILES string of the molecule is Cc1cc(N(c2cccc(Oc3c(C)ccc(O)c3C)c2)c2ccc(O)c(C)c2)ccc1O. The second-order valence-corrected chi connectivity index (χ2v) is 8.23. The fourth-order valence-corrected chi connectivity index (χ4v) is 3.78. The quantitative estimate of drug-likeness (QED) is 0.303. The van der Waals surface area contributed by atoms with E-state index in [-0.39, 0.29) is 17.2 Å². The van der Waals surface area contributed by atoms with Gasteiger partial charge >= 0.3 is 0 Å². The maximum atomic E-state index is 10.1. The van der Waals surface area contributed by atoms with Crippen LogP contribution in [0.25, 0.3) is 0 Å². The molecule has 0 saturated heterocycles. The number of phenols is 3. The Balaban J connectivity index is 1.82. The van der Waals surface area contributed by atoms with E-state index in [1.807, 2.05) is 87.2 Å². The van der Waals surface area contributed by atoms with Gasteiger partial charge < -0.3 is 25.0 Å². The van der Waals surface area contributed by atoms with Crippen LogP contribution in [0.4, 0.5) is 17.1 Å². The Morgan fingerprint density at radius 1 is 0.576 bits per heavy atom. The molecule has 0 aliphatic rings. The van der Waals surface area contributed by atoms with Crippen molar-refractivity contribution in [3.8, 4) is 28.7 Å². The highest BCUT2D eigenvalue weighted by atomic mass is 16.5. The number of rotatable bonds is 5. The third kappa shape index (κ3) is 4.44. The summed E-state index contributed by atoms with van der Waals surface area (Å²) in [5, 5.41) is 30.2. The van der Waals surface area contributed by atoms with Gasteiger partial charge in [0.25, 0.3) is 0 Å². The van der Waals surface area contributed by atoms with E-state index < -0.39 is 0 Å². The molecule has 0 fully saturated rings. The Kier molecular flexibility index (Phi) is 5.88. The van der Waals surface area contributed by atoms with Gasteiger partial charge in [0.1, 0.15) is 28.7 Å². The number of phenolic OH excluding ortho intramolecular Hbond substituents is 3. The summed E-state index contributed by atoms with van der Waals surface area (Å²) >= 11 is 0. The maximum Gasteiger partial charge on any atom is 0.136 e. The summed E-state index contributed by atoms with van der Waals surface area (Å²) in [4.78, 5) is 2.04. The molecule has 0 atom stereocenters. The van der Waals surface area contributed by atoms with Crippen molar-refractivity contribution in [3.05, 3.63) is 95.1 Å². The lowest BCUT2D eigenvalue weighted by atomic mass is 10.1. The highest BCUT2D eigenvalue weighted by Gasteiger charge is 2.16. The van der Waals surface area contributed by atoms with E-state index in [9.17, 15) is 15.3 Å². The summed E-state index contributed by atoms with van der Waals surface area (Å²) < 4.78 is 6.20. The zero-order chi connectivity index (χ0) is 23.7. The predicted molar refractivity (Wildman–Crippen MR) is 132 cm³/mol.